The van der Waals surface area contributed by atoms with Crippen LogP contribution in [0.15, 0.2) is 72.3 Å². The molecule has 12 nitrogen and oxygen atoms in total. The summed E-state index contributed by atoms with van der Waals surface area (Å²) in [7, 11) is 1.81. The van der Waals surface area contributed by atoms with Crippen molar-refractivity contribution in [2.45, 2.75) is 12.6 Å². The first-order valence-electron chi connectivity index (χ1n) is 11.6. The summed E-state index contributed by atoms with van der Waals surface area (Å²) in [6.45, 7) is 0.869. The summed E-state index contributed by atoms with van der Waals surface area (Å²) < 4.78 is 11.0. The topological polar surface area (TPSA) is 133 Å². The maximum absolute atomic E-state index is 12.3. The number of rotatable bonds is 6. The van der Waals surface area contributed by atoms with Crippen molar-refractivity contribution in [3.8, 4) is 22.6 Å². The summed E-state index contributed by atoms with van der Waals surface area (Å²) in [5, 5.41) is 22.8. The molecule has 1 aromatic carbocycles. The van der Waals surface area contributed by atoms with Crippen LogP contribution in [0.3, 0.4) is 0 Å². The van der Waals surface area contributed by atoms with Crippen LogP contribution in [0.5, 0.6) is 5.75 Å². The van der Waals surface area contributed by atoms with E-state index in [0.29, 0.717) is 18.8 Å². The standard InChI is InChI=1S/C25H22N8O4/c1-30-12-19(10-27-30)32-5-4-24(34)23(29-32)15-37-21-2-3-22-16(7-21)6-17(8-26-22)18-9-28-33(11-18)20-13-31(14-20)25(35)36/h2-12,20H,13-15H2,1H3,(H,35,36). The van der Waals surface area contributed by atoms with E-state index in [0.717, 1.165) is 27.7 Å². The van der Waals surface area contributed by atoms with E-state index in [1.807, 2.05) is 31.4 Å². The molecule has 4 aromatic heterocycles. The number of aryl methyl sites for hydroxylation is 1. The van der Waals surface area contributed by atoms with Crippen molar-refractivity contribution < 1.29 is 14.6 Å². The Morgan fingerprint density at radius 2 is 1.95 bits per heavy atom. The van der Waals surface area contributed by atoms with Crippen LogP contribution in [0.25, 0.3) is 27.7 Å². The summed E-state index contributed by atoms with van der Waals surface area (Å²) in [5.74, 6) is 0.586. The van der Waals surface area contributed by atoms with E-state index < -0.39 is 6.09 Å². The Bertz CT molecular complexity index is 1680. The van der Waals surface area contributed by atoms with Crippen LogP contribution in [0, 0.1) is 0 Å². The molecule has 0 aliphatic carbocycles. The number of fused-ring (bicyclic) bond motifs is 1. The molecule has 1 fully saturated rings. The third-order valence-electron chi connectivity index (χ3n) is 6.31. The Kier molecular flexibility index (Phi) is 5.40. The van der Waals surface area contributed by atoms with Crippen LogP contribution in [0.4, 0.5) is 4.79 Å². The maximum atomic E-state index is 12.3. The number of carboxylic acid groups (broad SMARTS) is 1. The first-order chi connectivity index (χ1) is 17.9. The van der Waals surface area contributed by atoms with Gasteiger partial charge in [-0.1, -0.05) is 0 Å². The molecule has 1 amide bonds. The molecule has 1 N–H and O–H groups in total. The molecule has 1 aliphatic heterocycles. The minimum Gasteiger partial charge on any atom is -0.487 e. The highest BCUT2D eigenvalue weighted by molar-refractivity contribution is 5.84. The van der Waals surface area contributed by atoms with E-state index in [9.17, 15) is 9.59 Å². The van der Waals surface area contributed by atoms with Crippen molar-refractivity contribution in [2.75, 3.05) is 13.1 Å². The minimum absolute atomic E-state index is 0.0140. The second kappa shape index (κ2) is 8.90. The predicted molar refractivity (Wildman–Crippen MR) is 133 cm³/mol. The first-order valence-corrected chi connectivity index (χ1v) is 11.6. The van der Waals surface area contributed by atoms with Gasteiger partial charge in [0, 0.05) is 61.3 Å². The van der Waals surface area contributed by atoms with E-state index in [4.69, 9.17) is 9.84 Å². The zero-order valence-electron chi connectivity index (χ0n) is 19.8. The molecule has 5 aromatic rings. The minimum atomic E-state index is -0.914. The molecule has 0 bridgehead atoms. The van der Waals surface area contributed by atoms with Crippen LogP contribution >= 0.6 is 0 Å². The molecule has 5 heterocycles. The van der Waals surface area contributed by atoms with E-state index in [2.05, 4.69) is 20.3 Å². The Labute approximate surface area is 210 Å². The van der Waals surface area contributed by atoms with Gasteiger partial charge in [-0.05, 0) is 24.3 Å². The molecule has 1 saturated heterocycles. The lowest BCUT2D eigenvalue weighted by molar-refractivity contribution is 0.0812. The third kappa shape index (κ3) is 4.40. The highest BCUT2D eigenvalue weighted by Gasteiger charge is 2.32. The third-order valence-corrected chi connectivity index (χ3v) is 6.31. The van der Waals surface area contributed by atoms with Gasteiger partial charge in [0.1, 0.15) is 23.7 Å². The highest BCUT2D eigenvalue weighted by atomic mass is 16.5. The fraction of sp³-hybridized carbons (Fsp3) is 0.200. The molecular weight excluding hydrogens is 476 g/mol. The molecule has 0 unspecified atom stereocenters. The summed E-state index contributed by atoms with van der Waals surface area (Å²) in [6.07, 6.45) is 9.59. The lowest BCUT2D eigenvalue weighted by Gasteiger charge is -2.36. The van der Waals surface area contributed by atoms with Crippen LogP contribution in [0.2, 0.25) is 0 Å². The van der Waals surface area contributed by atoms with E-state index in [1.54, 1.807) is 51.1 Å². The van der Waals surface area contributed by atoms with Crippen molar-refractivity contribution >= 4 is 17.0 Å². The summed E-state index contributed by atoms with van der Waals surface area (Å²) >= 11 is 0. The monoisotopic (exact) mass is 498 g/mol. The number of amides is 1. The fourth-order valence-electron chi connectivity index (χ4n) is 4.19. The SMILES string of the molecule is Cn1cc(-n2ccc(=O)c(COc3ccc4ncc(-c5cnn(C6CN(C(=O)O)C6)c5)cc4c3)n2)cn1. The number of benzene rings is 1. The summed E-state index contributed by atoms with van der Waals surface area (Å²) in [4.78, 5) is 29.3. The molecule has 0 radical (unpaired) electrons. The van der Waals surface area contributed by atoms with Crippen molar-refractivity contribution in [3.05, 3.63) is 83.4 Å². The van der Waals surface area contributed by atoms with Gasteiger partial charge >= 0.3 is 6.09 Å². The lowest BCUT2D eigenvalue weighted by Crippen LogP contribution is -2.50. The van der Waals surface area contributed by atoms with E-state index in [1.165, 1.54) is 11.0 Å². The van der Waals surface area contributed by atoms with Crippen molar-refractivity contribution in [2.24, 2.45) is 7.05 Å². The molecule has 37 heavy (non-hydrogen) atoms. The van der Waals surface area contributed by atoms with Crippen molar-refractivity contribution in [1.82, 2.24) is 39.2 Å². The Morgan fingerprint density at radius 3 is 2.73 bits per heavy atom. The van der Waals surface area contributed by atoms with Gasteiger partial charge in [-0.3, -0.25) is 19.1 Å². The number of pyridine rings is 1. The molecule has 6 rings (SSSR count). The van der Waals surface area contributed by atoms with Crippen molar-refractivity contribution in [1.29, 1.82) is 0 Å². The molecule has 0 atom stereocenters. The smallest absolute Gasteiger partial charge is 0.407 e. The maximum Gasteiger partial charge on any atom is 0.407 e. The molecule has 12 heteroatoms. The van der Waals surface area contributed by atoms with Crippen molar-refractivity contribution in [3.63, 3.8) is 0 Å². The fourth-order valence-corrected chi connectivity index (χ4v) is 4.19. The molecule has 186 valence electrons. The predicted octanol–water partition coefficient (Wildman–Crippen LogP) is 2.49. The van der Waals surface area contributed by atoms with Gasteiger partial charge in [0.15, 0.2) is 0 Å². The number of ether oxygens (including phenoxy) is 1. The molecule has 0 spiro atoms. The summed E-state index contributed by atoms with van der Waals surface area (Å²) in [6, 6.07) is 9.03. The first kappa shape index (κ1) is 22.5. The summed E-state index contributed by atoms with van der Waals surface area (Å²) in [5.41, 5.74) is 3.39. The van der Waals surface area contributed by atoms with Gasteiger partial charge in [0.05, 0.1) is 30.1 Å². The van der Waals surface area contributed by atoms with Gasteiger partial charge in [-0.15, -0.1) is 0 Å². The number of aromatic nitrogens is 7. The largest absolute Gasteiger partial charge is 0.487 e. The lowest BCUT2D eigenvalue weighted by atomic mass is 10.1. The van der Waals surface area contributed by atoms with Crippen LogP contribution in [-0.2, 0) is 13.7 Å². The number of carbonyl (C=O) groups is 1. The molecular formula is C25H22N8O4. The number of hydrogen-bond donors (Lipinski definition) is 1. The van der Waals surface area contributed by atoms with Gasteiger partial charge in [0.2, 0.25) is 5.43 Å². The molecule has 0 saturated carbocycles. The number of nitrogens with zero attached hydrogens (tertiary/aromatic N) is 8. The number of likely N-dealkylation sites (tertiary alicyclic amines) is 1. The van der Waals surface area contributed by atoms with E-state index in [-0.39, 0.29) is 23.8 Å². The second-order valence-electron chi connectivity index (χ2n) is 8.86. The van der Waals surface area contributed by atoms with Gasteiger partial charge < -0.3 is 14.7 Å². The molecule has 1 aliphatic rings. The van der Waals surface area contributed by atoms with Gasteiger partial charge in [-0.2, -0.15) is 15.3 Å². The Balaban J connectivity index is 1.19. The number of hydrogen-bond acceptors (Lipinski definition) is 7. The zero-order chi connectivity index (χ0) is 25.5. The normalized spacial score (nSPS) is 13.6. The Morgan fingerprint density at radius 1 is 1.08 bits per heavy atom. The average Bonchev–Trinajstić information content (AvgIpc) is 3.51. The average molecular weight is 499 g/mol. The highest BCUT2D eigenvalue weighted by Crippen LogP contribution is 2.28. The van der Waals surface area contributed by atoms with E-state index >= 15 is 0 Å². The Hall–Kier alpha value is -5.00. The quantitative estimate of drug-likeness (QED) is 0.378. The van der Waals surface area contributed by atoms with Gasteiger partial charge in [-0.25, -0.2) is 9.48 Å². The van der Waals surface area contributed by atoms with Crippen LogP contribution in [-0.4, -0.2) is 63.5 Å². The van der Waals surface area contributed by atoms with Gasteiger partial charge in [0.25, 0.3) is 0 Å². The van der Waals surface area contributed by atoms with Crippen LogP contribution in [0.1, 0.15) is 11.7 Å². The second-order valence-corrected chi connectivity index (χ2v) is 8.86. The van der Waals surface area contributed by atoms with Crippen LogP contribution < -0.4 is 10.2 Å². The zero-order valence-corrected chi connectivity index (χ0v) is 19.8.